The molecular weight excluding hydrogens is 288 g/mol. The molecule has 0 radical (unpaired) electrons. The fourth-order valence-corrected chi connectivity index (χ4v) is 2.30. The second kappa shape index (κ2) is 7.79. The first-order valence-corrected chi connectivity index (χ1v) is 7.79. The lowest BCUT2D eigenvalue weighted by Gasteiger charge is -2.23. The van der Waals surface area contributed by atoms with Gasteiger partial charge in [-0.1, -0.05) is 44.2 Å². The zero-order valence-corrected chi connectivity index (χ0v) is 13.7. The molecule has 4 nitrogen and oxygen atoms in total. The summed E-state index contributed by atoms with van der Waals surface area (Å²) in [5.74, 6) is 0.744. The van der Waals surface area contributed by atoms with E-state index in [4.69, 9.17) is 10.5 Å². The number of ether oxygens (including phenoxy) is 1. The lowest BCUT2D eigenvalue weighted by Crippen LogP contribution is -2.32. The van der Waals surface area contributed by atoms with Gasteiger partial charge in [-0.05, 0) is 36.2 Å². The van der Waals surface area contributed by atoms with E-state index in [9.17, 15) is 4.79 Å². The predicted octanol–water partition coefficient (Wildman–Crippen LogP) is 3.23. The number of carbonyl (C=O) groups excluding carboxylic acids is 1. The number of nitrogens with two attached hydrogens (primary N) is 1. The van der Waals surface area contributed by atoms with Crippen LogP contribution in [0.15, 0.2) is 54.6 Å². The Hall–Kier alpha value is -2.33. The van der Waals surface area contributed by atoms with Gasteiger partial charge in [-0.3, -0.25) is 4.79 Å². The van der Waals surface area contributed by atoms with E-state index < -0.39 is 5.41 Å². The van der Waals surface area contributed by atoms with E-state index in [1.165, 1.54) is 0 Å². The highest BCUT2D eigenvalue weighted by Crippen LogP contribution is 2.25. The van der Waals surface area contributed by atoms with E-state index in [0.29, 0.717) is 19.6 Å². The summed E-state index contributed by atoms with van der Waals surface area (Å²) in [6.07, 6.45) is 0.692. The van der Waals surface area contributed by atoms with Gasteiger partial charge >= 0.3 is 0 Å². The summed E-state index contributed by atoms with van der Waals surface area (Å²) < 4.78 is 5.42. The summed E-state index contributed by atoms with van der Waals surface area (Å²) in [4.78, 5) is 12.5. The number of benzene rings is 2. The first kappa shape index (κ1) is 17.0. The van der Waals surface area contributed by atoms with Crippen LogP contribution in [0.2, 0.25) is 0 Å². The Morgan fingerprint density at radius 1 is 1.09 bits per heavy atom. The van der Waals surface area contributed by atoms with Crippen molar-refractivity contribution in [2.24, 2.45) is 11.1 Å². The van der Waals surface area contributed by atoms with Crippen LogP contribution < -0.4 is 15.8 Å². The molecule has 0 heterocycles. The molecule has 0 saturated heterocycles. The van der Waals surface area contributed by atoms with Crippen LogP contribution in [0.5, 0.6) is 5.75 Å². The van der Waals surface area contributed by atoms with E-state index in [1.54, 1.807) is 0 Å². The highest BCUT2D eigenvalue weighted by Gasteiger charge is 2.27. The van der Waals surface area contributed by atoms with E-state index in [0.717, 1.165) is 17.0 Å². The van der Waals surface area contributed by atoms with Crippen molar-refractivity contribution in [1.82, 2.24) is 0 Å². The average molecular weight is 312 g/mol. The second-order valence-corrected chi connectivity index (χ2v) is 6.16. The van der Waals surface area contributed by atoms with Crippen molar-refractivity contribution in [3.05, 3.63) is 60.2 Å². The normalized spacial score (nSPS) is 11.1. The lowest BCUT2D eigenvalue weighted by atomic mass is 9.84. The molecule has 0 saturated carbocycles. The molecule has 0 atom stereocenters. The van der Waals surface area contributed by atoms with Gasteiger partial charge in [0.2, 0.25) is 5.91 Å². The van der Waals surface area contributed by atoms with E-state index in [-0.39, 0.29) is 5.91 Å². The molecule has 0 unspecified atom stereocenters. The number of hydrogen-bond acceptors (Lipinski definition) is 3. The summed E-state index contributed by atoms with van der Waals surface area (Å²) in [6, 6.07) is 17.4. The van der Waals surface area contributed by atoms with E-state index in [2.05, 4.69) is 5.32 Å². The molecular formula is C19H24N2O2. The van der Waals surface area contributed by atoms with Crippen LogP contribution in [-0.2, 0) is 11.2 Å². The molecule has 2 aromatic carbocycles. The number of anilines is 1. The van der Waals surface area contributed by atoms with Crippen LogP contribution in [0.4, 0.5) is 5.69 Å². The van der Waals surface area contributed by atoms with Gasteiger partial charge in [0.25, 0.3) is 0 Å². The highest BCUT2D eigenvalue weighted by atomic mass is 16.5. The van der Waals surface area contributed by atoms with Gasteiger partial charge in [-0.2, -0.15) is 0 Å². The minimum atomic E-state index is -0.490. The first-order chi connectivity index (χ1) is 11.0. The van der Waals surface area contributed by atoms with Crippen LogP contribution in [0.1, 0.15) is 19.4 Å². The Labute approximate surface area is 137 Å². The van der Waals surface area contributed by atoms with Gasteiger partial charge in [0.15, 0.2) is 0 Å². The zero-order valence-electron chi connectivity index (χ0n) is 13.7. The Morgan fingerprint density at radius 2 is 1.74 bits per heavy atom. The SMILES string of the molecule is CC(C)(Cc1ccccc1)C(=O)Nc1ccc(OCCN)cc1. The Balaban J connectivity index is 1.97. The molecule has 0 fully saturated rings. The number of hydrogen-bond donors (Lipinski definition) is 2. The third kappa shape index (κ3) is 5.11. The maximum absolute atomic E-state index is 12.5. The molecule has 4 heteroatoms. The first-order valence-electron chi connectivity index (χ1n) is 7.79. The third-order valence-corrected chi connectivity index (χ3v) is 3.60. The van der Waals surface area contributed by atoms with Gasteiger partial charge in [-0.25, -0.2) is 0 Å². The lowest BCUT2D eigenvalue weighted by molar-refractivity contribution is -0.123. The van der Waals surface area contributed by atoms with E-state index in [1.807, 2.05) is 68.4 Å². The fraction of sp³-hybridized carbons (Fsp3) is 0.316. The maximum atomic E-state index is 12.5. The van der Waals surface area contributed by atoms with Crippen molar-refractivity contribution in [2.75, 3.05) is 18.5 Å². The molecule has 2 rings (SSSR count). The molecule has 3 N–H and O–H groups in total. The number of rotatable bonds is 7. The van der Waals surface area contributed by atoms with Crippen LogP contribution >= 0.6 is 0 Å². The van der Waals surface area contributed by atoms with Crippen molar-refractivity contribution in [3.63, 3.8) is 0 Å². The number of carbonyl (C=O) groups is 1. The average Bonchev–Trinajstić information content (AvgIpc) is 2.54. The van der Waals surface area contributed by atoms with E-state index >= 15 is 0 Å². The quantitative estimate of drug-likeness (QED) is 0.825. The Kier molecular flexibility index (Phi) is 5.77. The minimum Gasteiger partial charge on any atom is -0.492 e. The summed E-state index contributed by atoms with van der Waals surface area (Å²) in [7, 11) is 0. The third-order valence-electron chi connectivity index (χ3n) is 3.60. The van der Waals surface area contributed by atoms with Gasteiger partial charge in [0.05, 0.1) is 0 Å². The number of nitrogens with one attached hydrogen (secondary N) is 1. The van der Waals surface area contributed by atoms with Crippen LogP contribution in [0, 0.1) is 5.41 Å². The molecule has 0 aliphatic rings. The van der Waals surface area contributed by atoms with Crippen molar-refractivity contribution in [2.45, 2.75) is 20.3 Å². The van der Waals surface area contributed by atoms with Crippen molar-refractivity contribution >= 4 is 11.6 Å². The van der Waals surface area contributed by atoms with Crippen LogP contribution in [0.3, 0.4) is 0 Å². The monoisotopic (exact) mass is 312 g/mol. The Bertz CT molecular complexity index is 622. The summed E-state index contributed by atoms with van der Waals surface area (Å²) in [6.45, 7) is 4.87. The smallest absolute Gasteiger partial charge is 0.230 e. The molecule has 1 amide bonds. The Morgan fingerprint density at radius 3 is 2.35 bits per heavy atom. The molecule has 122 valence electrons. The van der Waals surface area contributed by atoms with Crippen molar-refractivity contribution in [1.29, 1.82) is 0 Å². The molecule has 0 aliphatic carbocycles. The van der Waals surface area contributed by atoms with Gasteiger partial charge < -0.3 is 15.8 Å². The predicted molar refractivity (Wildman–Crippen MR) is 93.5 cm³/mol. The largest absolute Gasteiger partial charge is 0.492 e. The highest BCUT2D eigenvalue weighted by molar-refractivity contribution is 5.95. The fourth-order valence-electron chi connectivity index (χ4n) is 2.30. The second-order valence-electron chi connectivity index (χ2n) is 6.16. The summed E-state index contributed by atoms with van der Waals surface area (Å²) >= 11 is 0. The van der Waals surface area contributed by atoms with Gasteiger partial charge in [0.1, 0.15) is 12.4 Å². The maximum Gasteiger partial charge on any atom is 0.230 e. The molecule has 0 aromatic heterocycles. The topological polar surface area (TPSA) is 64.3 Å². The summed E-state index contributed by atoms with van der Waals surface area (Å²) in [5, 5.41) is 2.97. The number of amides is 1. The minimum absolute atomic E-state index is 0.00280. The molecule has 2 aromatic rings. The molecule has 0 bridgehead atoms. The van der Waals surface area contributed by atoms with Crippen LogP contribution in [0.25, 0.3) is 0 Å². The standard InChI is InChI=1S/C19H24N2O2/c1-19(2,14-15-6-4-3-5-7-15)18(22)21-16-8-10-17(11-9-16)23-13-12-20/h3-11H,12-14,20H2,1-2H3,(H,21,22). The van der Waals surface area contributed by atoms with Gasteiger partial charge in [-0.15, -0.1) is 0 Å². The molecule has 0 spiro atoms. The summed E-state index contributed by atoms with van der Waals surface area (Å²) in [5.41, 5.74) is 6.82. The van der Waals surface area contributed by atoms with Gasteiger partial charge in [0, 0.05) is 17.6 Å². The van der Waals surface area contributed by atoms with Crippen LogP contribution in [-0.4, -0.2) is 19.1 Å². The zero-order chi connectivity index (χ0) is 16.7. The van der Waals surface area contributed by atoms with Crippen molar-refractivity contribution in [3.8, 4) is 5.75 Å². The van der Waals surface area contributed by atoms with Crippen molar-refractivity contribution < 1.29 is 9.53 Å². The molecule has 0 aliphatic heterocycles. The molecule has 23 heavy (non-hydrogen) atoms.